The summed E-state index contributed by atoms with van der Waals surface area (Å²) in [5.74, 6) is 0. The molecule has 0 aliphatic rings. The number of hydrogen-bond acceptors (Lipinski definition) is 6. The Morgan fingerprint density at radius 2 is 0.970 bits per heavy atom. The average Bonchev–Trinajstić information content (AvgIpc) is 2.87. The molecule has 33 heavy (non-hydrogen) atoms. The van der Waals surface area contributed by atoms with Gasteiger partial charge < -0.3 is 50.5 Å². The summed E-state index contributed by atoms with van der Waals surface area (Å²) in [7, 11) is 1.41. The molecule has 186 valence electrons. The minimum Gasteiger partial charge on any atom is -1.00 e. The summed E-state index contributed by atoms with van der Waals surface area (Å²) in [5, 5.41) is 2.35. The highest BCUT2D eigenvalue weighted by Crippen LogP contribution is 2.61. The normalized spacial score (nSPS) is 12.6. The standard InChI is InChI=1S/C23H38O6PSi2.HI/c1-8-19-30(21-15-11-9-12-16-21,22-17-13-10-14-18-22)20-23(31(24-2,25-3)26-4)32(27-5,28-6)29-7;/h9-18,23H,8,19-20H2,1-7H3;1H/q+1;/p-1. The first-order valence-corrected chi connectivity index (χ1v) is 16.5. The number of benzene rings is 2. The number of rotatable bonds is 14. The van der Waals surface area contributed by atoms with E-state index in [1.807, 2.05) is 0 Å². The lowest BCUT2D eigenvalue weighted by Crippen LogP contribution is -3.00. The van der Waals surface area contributed by atoms with Gasteiger partial charge >= 0.3 is 17.6 Å². The molecule has 0 unspecified atom stereocenters. The highest BCUT2D eigenvalue weighted by molar-refractivity contribution is 7.89. The first kappa shape index (κ1) is 30.8. The molecule has 0 atom stereocenters. The van der Waals surface area contributed by atoms with E-state index in [0.29, 0.717) is 0 Å². The summed E-state index contributed by atoms with van der Waals surface area (Å²) in [6.07, 6.45) is 2.80. The second-order valence-electron chi connectivity index (χ2n) is 7.53. The second kappa shape index (κ2) is 14.4. The molecule has 10 heteroatoms. The van der Waals surface area contributed by atoms with Crippen LogP contribution in [-0.2, 0) is 26.6 Å². The van der Waals surface area contributed by atoms with Crippen LogP contribution in [0.3, 0.4) is 0 Å². The zero-order valence-corrected chi connectivity index (χ0v) is 25.8. The van der Waals surface area contributed by atoms with Gasteiger partial charge in [-0.25, -0.2) is 0 Å². The molecule has 0 aromatic heterocycles. The third kappa shape index (κ3) is 6.33. The van der Waals surface area contributed by atoms with Crippen LogP contribution >= 0.6 is 7.26 Å². The first-order chi connectivity index (χ1) is 15.5. The van der Waals surface area contributed by atoms with Crippen LogP contribution in [0.4, 0.5) is 0 Å². The fourth-order valence-corrected chi connectivity index (χ4v) is 19.1. The molecule has 0 radical (unpaired) electrons. The van der Waals surface area contributed by atoms with Crippen molar-refractivity contribution in [1.29, 1.82) is 0 Å². The third-order valence-corrected chi connectivity index (χ3v) is 19.3. The summed E-state index contributed by atoms with van der Waals surface area (Å²) in [4.78, 5) is 0. The van der Waals surface area contributed by atoms with Gasteiger partial charge in [0.15, 0.2) is 0 Å². The van der Waals surface area contributed by atoms with Gasteiger partial charge in [0.2, 0.25) is 0 Å². The third-order valence-electron chi connectivity index (χ3n) is 6.16. The van der Waals surface area contributed by atoms with E-state index >= 15 is 0 Å². The van der Waals surface area contributed by atoms with E-state index < -0.39 is 24.9 Å². The lowest BCUT2D eigenvalue weighted by Gasteiger charge is -2.42. The van der Waals surface area contributed by atoms with Crippen LogP contribution in [0.5, 0.6) is 0 Å². The van der Waals surface area contributed by atoms with Crippen molar-refractivity contribution >= 4 is 35.5 Å². The Hall–Kier alpha value is -0.206. The van der Waals surface area contributed by atoms with E-state index in [1.165, 1.54) is 10.6 Å². The van der Waals surface area contributed by atoms with Crippen LogP contribution in [0, 0.1) is 0 Å². The van der Waals surface area contributed by atoms with Crippen molar-refractivity contribution in [3.8, 4) is 0 Å². The molecule has 6 nitrogen and oxygen atoms in total. The maximum absolute atomic E-state index is 6.01. The molecule has 0 amide bonds. The zero-order valence-electron chi connectivity index (χ0n) is 20.7. The van der Waals surface area contributed by atoms with E-state index in [-0.39, 0.29) is 29.1 Å². The predicted octanol–water partition coefficient (Wildman–Crippen LogP) is 0.735. The van der Waals surface area contributed by atoms with Gasteiger partial charge in [-0.3, -0.25) is 0 Å². The minimum absolute atomic E-state index is 0. The van der Waals surface area contributed by atoms with Gasteiger partial charge in [-0.15, -0.1) is 0 Å². The molecule has 0 aliphatic carbocycles. The highest BCUT2D eigenvalue weighted by atomic mass is 127. The Bertz CT molecular complexity index is 718. The highest BCUT2D eigenvalue weighted by Gasteiger charge is 2.68. The molecule has 0 heterocycles. The van der Waals surface area contributed by atoms with Crippen LogP contribution in [0.1, 0.15) is 13.3 Å². The first-order valence-electron chi connectivity index (χ1n) is 10.8. The summed E-state index contributed by atoms with van der Waals surface area (Å²) in [6, 6.07) is 21.5. The van der Waals surface area contributed by atoms with Crippen molar-refractivity contribution in [3.63, 3.8) is 0 Å². The van der Waals surface area contributed by atoms with Crippen molar-refractivity contribution in [2.24, 2.45) is 0 Å². The molecule has 0 fully saturated rings. The van der Waals surface area contributed by atoms with Crippen LogP contribution in [0.25, 0.3) is 0 Å². The van der Waals surface area contributed by atoms with Crippen LogP contribution in [0.15, 0.2) is 60.7 Å². The van der Waals surface area contributed by atoms with Crippen LogP contribution in [-0.4, -0.2) is 72.6 Å². The van der Waals surface area contributed by atoms with Gasteiger partial charge in [0, 0.05) is 42.7 Å². The van der Waals surface area contributed by atoms with E-state index in [1.54, 1.807) is 42.7 Å². The maximum Gasteiger partial charge on any atom is 0.511 e. The second-order valence-corrected chi connectivity index (χ2v) is 18.1. The van der Waals surface area contributed by atoms with E-state index in [0.717, 1.165) is 18.7 Å². The van der Waals surface area contributed by atoms with E-state index in [4.69, 9.17) is 26.6 Å². The Kier molecular flexibility index (Phi) is 13.4. The smallest absolute Gasteiger partial charge is 0.511 e. The lowest BCUT2D eigenvalue weighted by molar-refractivity contribution is -0.0000189. The molecule has 2 rings (SSSR count). The molecule has 0 aliphatic heterocycles. The summed E-state index contributed by atoms with van der Waals surface area (Å²) >= 11 is 0. The average molecular weight is 625 g/mol. The Morgan fingerprint density at radius 3 is 1.24 bits per heavy atom. The molecule has 0 bridgehead atoms. The quantitative estimate of drug-likeness (QED) is 0.176. The van der Waals surface area contributed by atoms with Crippen LogP contribution < -0.4 is 34.6 Å². The molecule has 0 spiro atoms. The molecular formula is C23H38IO6PSi2. The Balaban J connectivity index is 0.00000544. The Labute approximate surface area is 219 Å². The van der Waals surface area contributed by atoms with Crippen molar-refractivity contribution < 1.29 is 50.5 Å². The zero-order chi connectivity index (χ0) is 23.7. The van der Waals surface area contributed by atoms with Gasteiger partial charge in [-0.1, -0.05) is 43.3 Å². The van der Waals surface area contributed by atoms with Gasteiger partial charge in [-0.2, -0.15) is 0 Å². The molecule has 0 saturated carbocycles. The summed E-state index contributed by atoms with van der Waals surface area (Å²) < 4.78 is 36.1. The molecule has 2 aromatic carbocycles. The van der Waals surface area contributed by atoms with Crippen LogP contribution in [0.2, 0.25) is 5.16 Å². The SMILES string of the molecule is CCC[P+](CC([Si](OC)(OC)OC)[Si](OC)(OC)OC)(c1ccccc1)c1ccccc1.[I-]. The van der Waals surface area contributed by atoms with Gasteiger partial charge in [0.05, 0.1) is 30.2 Å². The van der Waals surface area contributed by atoms with Crippen molar-refractivity contribution in [3.05, 3.63) is 60.7 Å². The van der Waals surface area contributed by atoms with E-state index in [9.17, 15) is 0 Å². The molecule has 0 N–H and O–H groups in total. The lowest BCUT2D eigenvalue weighted by atomic mass is 10.4. The predicted molar refractivity (Wildman–Crippen MR) is 136 cm³/mol. The molecule has 0 saturated heterocycles. The Morgan fingerprint density at radius 1 is 0.636 bits per heavy atom. The summed E-state index contributed by atoms with van der Waals surface area (Å²) in [5.41, 5.74) is 0. The van der Waals surface area contributed by atoms with Crippen molar-refractivity contribution in [1.82, 2.24) is 0 Å². The monoisotopic (exact) mass is 624 g/mol. The van der Waals surface area contributed by atoms with Gasteiger partial charge in [0.25, 0.3) is 0 Å². The largest absolute Gasteiger partial charge is 1.00 e. The van der Waals surface area contributed by atoms with Crippen molar-refractivity contribution in [2.45, 2.75) is 18.5 Å². The molecule has 2 aromatic rings. The van der Waals surface area contributed by atoms with Gasteiger partial charge in [0.1, 0.15) is 5.16 Å². The topological polar surface area (TPSA) is 55.4 Å². The fraction of sp³-hybridized carbons (Fsp3) is 0.478. The summed E-state index contributed by atoms with van der Waals surface area (Å²) in [6.45, 7) is 2.23. The number of hydrogen-bond donors (Lipinski definition) is 0. The van der Waals surface area contributed by atoms with Gasteiger partial charge in [-0.05, 0) is 30.7 Å². The van der Waals surface area contributed by atoms with E-state index in [2.05, 4.69) is 67.6 Å². The fourth-order valence-electron chi connectivity index (χ4n) is 4.62. The minimum atomic E-state index is -3.24. The molecular weight excluding hydrogens is 586 g/mol. The van der Waals surface area contributed by atoms with Crippen molar-refractivity contribution in [2.75, 3.05) is 55.0 Å². The number of halogens is 1. The maximum atomic E-state index is 6.01.